The molecule has 0 unspecified atom stereocenters. The first kappa shape index (κ1) is 23.8. The van der Waals surface area contributed by atoms with Crippen LogP contribution in [0.1, 0.15) is 70.2 Å². The second-order valence-electron chi connectivity index (χ2n) is 8.65. The maximum atomic E-state index is 16.6. The molecule has 1 aromatic carbocycles. The van der Waals surface area contributed by atoms with E-state index in [4.69, 9.17) is 9.47 Å². The Labute approximate surface area is 177 Å². The van der Waals surface area contributed by atoms with E-state index in [2.05, 4.69) is 5.32 Å². The molecule has 30 heavy (non-hydrogen) atoms. The Balaban J connectivity index is 2.48. The minimum absolute atomic E-state index is 0.0415. The third-order valence-electron chi connectivity index (χ3n) is 5.16. The van der Waals surface area contributed by atoms with E-state index in [1.807, 2.05) is 0 Å². The number of carbonyl (C=O) groups excluding carboxylic acids is 3. The van der Waals surface area contributed by atoms with E-state index < -0.39 is 41.1 Å². The van der Waals surface area contributed by atoms with Gasteiger partial charge in [0, 0.05) is 5.56 Å². The Morgan fingerprint density at radius 3 is 2.23 bits per heavy atom. The second-order valence-corrected chi connectivity index (χ2v) is 8.65. The molecule has 0 aromatic heterocycles. The fourth-order valence-corrected chi connectivity index (χ4v) is 3.84. The smallest absolute Gasteiger partial charge is 0.408 e. The second kappa shape index (κ2) is 10.0. The van der Waals surface area contributed by atoms with Gasteiger partial charge in [0.2, 0.25) is 5.78 Å². The summed E-state index contributed by atoms with van der Waals surface area (Å²) in [7, 11) is 0. The number of rotatable bonds is 7. The number of benzene rings is 1. The molecule has 2 rings (SSSR count). The van der Waals surface area contributed by atoms with Crippen LogP contribution in [0, 0.1) is 5.92 Å². The number of carbonyl (C=O) groups is 3. The number of nitrogens with one attached hydrogen (secondary N) is 1. The maximum Gasteiger partial charge on any atom is 0.408 e. The molecule has 1 aliphatic carbocycles. The number of hydrogen-bond acceptors (Lipinski definition) is 5. The van der Waals surface area contributed by atoms with Crippen LogP contribution in [-0.4, -0.2) is 41.8 Å². The molecule has 0 radical (unpaired) electrons. The zero-order valence-electron chi connectivity index (χ0n) is 18.2. The third-order valence-corrected chi connectivity index (χ3v) is 5.16. The third kappa shape index (κ3) is 5.80. The summed E-state index contributed by atoms with van der Waals surface area (Å²) < 4.78 is 26.9. The summed E-state index contributed by atoms with van der Waals surface area (Å²) >= 11 is 0. The van der Waals surface area contributed by atoms with E-state index in [0.29, 0.717) is 12.8 Å². The van der Waals surface area contributed by atoms with Gasteiger partial charge in [-0.15, -0.1) is 0 Å². The first-order valence-electron chi connectivity index (χ1n) is 10.5. The number of hydrogen-bond donors (Lipinski definition) is 1. The summed E-state index contributed by atoms with van der Waals surface area (Å²) in [6.07, 6.45) is 2.96. The zero-order valence-corrected chi connectivity index (χ0v) is 18.2. The molecule has 0 bridgehead atoms. The molecule has 7 heteroatoms. The van der Waals surface area contributed by atoms with E-state index >= 15 is 4.39 Å². The lowest BCUT2D eigenvalue weighted by atomic mass is 9.74. The fraction of sp³-hybridized carbons (Fsp3) is 0.609. The first-order chi connectivity index (χ1) is 14.1. The number of Topliss-reactive ketones (excluding diaryl/α,β-unsaturated/α-hetero) is 1. The van der Waals surface area contributed by atoms with Gasteiger partial charge in [-0.1, -0.05) is 49.6 Å². The van der Waals surface area contributed by atoms with Crippen molar-refractivity contribution >= 4 is 17.8 Å². The number of halogens is 1. The molecular weight excluding hydrogens is 389 g/mol. The van der Waals surface area contributed by atoms with Crippen LogP contribution >= 0.6 is 0 Å². The van der Waals surface area contributed by atoms with Gasteiger partial charge in [-0.25, -0.2) is 14.0 Å². The van der Waals surface area contributed by atoms with E-state index in [1.165, 1.54) is 12.1 Å². The van der Waals surface area contributed by atoms with Gasteiger partial charge in [0.1, 0.15) is 5.60 Å². The van der Waals surface area contributed by atoms with Gasteiger partial charge in [0.25, 0.3) is 5.67 Å². The summed E-state index contributed by atoms with van der Waals surface area (Å²) in [6.45, 7) is 6.51. The normalized spacial score (nSPS) is 18.0. The number of amides is 1. The highest BCUT2D eigenvalue weighted by atomic mass is 19.1. The Bertz CT molecular complexity index is 740. The van der Waals surface area contributed by atoms with Crippen LogP contribution < -0.4 is 5.32 Å². The van der Waals surface area contributed by atoms with Gasteiger partial charge < -0.3 is 14.8 Å². The fourth-order valence-electron chi connectivity index (χ4n) is 3.84. The number of alkyl halides is 1. The first-order valence-corrected chi connectivity index (χ1v) is 10.5. The van der Waals surface area contributed by atoms with E-state index in [1.54, 1.807) is 45.9 Å². The van der Waals surface area contributed by atoms with Crippen molar-refractivity contribution in [3.05, 3.63) is 35.9 Å². The number of esters is 1. The van der Waals surface area contributed by atoms with Gasteiger partial charge in [-0.05, 0) is 46.5 Å². The average molecular weight is 422 g/mol. The maximum absolute atomic E-state index is 16.6. The lowest BCUT2D eigenvalue weighted by Gasteiger charge is -2.38. The largest absolute Gasteiger partial charge is 0.463 e. The highest BCUT2D eigenvalue weighted by Crippen LogP contribution is 2.36. The van der Waals surface area contributed by atoms with Crippen molar-refractivity contribution in [3.63, 3.8) is 0 Å². The quantitative estimate of drug-likeness (QED) is 0.395. The van der Waals surface area contributed by atoms with Crippen molar-refractivity contribution in [3.8, 4) is 0 Å². The lowest BCUT2D eigenvalue weighted by Crippen LogP contribution is -2.63. The van der Waals surface area contributed by atoms with E-state index in [0.717, 1.165) is 19.3 Å². The molecule has 0 aliphatic heterocycles. The molecule has 0 saturated heterocycles. The topological polar surface area (TPSA) is 81.7 Å². The molecule has 1 aromatic rings. The summed E-state index contributed by atoms with van der Waals surface area (Å²) in [4.78, 5) is 38.6. The van der Waals surface area contributed by atoms with Crippen molar-refractivity contribution in [2.45, 2.75) is 77.1 Å². The van der Waals surface area contributed by atoms with Crippen LogP contribution in [0.5, 0.6) is 0 Å². The minimum Gasteiger partial charge on any atom is -0.463 e. The van der Waals surface area contributed by atoms with Gasteiger partial charge in [-0.2, -0.15) is 0 Å². The van der Waals surface area contributed by atoms with Gasteiger partial charge in [-0.3, -0.25) is 4.79 Å². The molecule has 2 atom stereocenters. The zero-order chi connectivity index (χ0) is 22.4. The molecule has 1 amide bonds. The summed E-state index contributed by atoms with van der Waals surface area (Å²) in [5.41, 5.74) is -3.83. The predicted molar refractivity (Wildman–Crippen MR) is 111 cm³/mol. The minimum atomic E-state index is -3.06. The number of ether oxygens (including phenoxy) is 2. The van der Waals surface area contributed by atoms with E-state index in [-0.39, 0.29) is 12.2 Å². The Morgan fingerprint density at radius 1 is 1.10 bits per heavy atom. The summed E-state index contributed by atoms with van der Waals surface area (Å²) in [5.74, 6) is -2.70. The van der Waals surface area contributed by atoms with Crippen molar-refractivity contribution in [1.82, 2.24) is 5.32 Å². The standard InChI is InChI=1S/C23H32FNO5/c1-5-29-20(27)23(24,19(26)17-14-10-7-11-15-17)18(16-12-8-6-9-13-16)25-21(28)30-22(2,3)4/h7,10-11,14-16,18H,5-6,8-9,12-13H2,1-4H3,(H,25,28)/t18-,23-/m0/s1. The molecule has 1 saturated carbocycles. The van der Waals surface area contributed by atoms with Gasteiger partial charge >= 0.3 is 12.1 Å². The van der Waals surface area contributed by atoms with Crippen LogP contribution in [-0.2, 0) is 14.3 Å². The SMILES string of the molecule is CCOC(=O)[C@@](F)(C(=O)c1ccccc1)[C@@H](NC(=O)OC(C)(C)C)C1CCCCC1. The highest BCUT2D eigenvalue weighted by molar-refractivity contribution is 6.16. The molecule has 0 heterocycles. The number of alkyl carbamates (subject to hydrolysis) is 1. The van der Waals surface area contributed by atoms with E-state index in [9.17, 15) is 14.4 Å². The monoisotopic (exact) mass is 421 g/mol. The van der Waals surface area contributed by atoms with Crippen LogP contribution in [0.2, 0.25) is 0 Å². The Kier molecular flexibility index (Phi) is 7.98. The summed E-state index contributed by atoms with van der Waals surface area (Å²) in [6, 6.07) is 6.38. The van der Waals surface area contributed by atoms with Gasteiger partial charge in [0.05, 0.1) is 12.6 Å². The van der Waals surface area contributed by atoms with Crippen LogP contribution in [0.3, 0.4) is 0 Å². The molecule has 6 nitrogen and oxygen atoms in total. The van der Waals surface area contributed by atoms with Crippen molar-refractivity contribution < 1.29 is 28.2 Å². The lowest BCUT2D eigenvalue weighted by molar-refractivity contribution is -0.156. The van der Waals surface area contributed by atoms with Crippen molar-refractivity contribution in [1.29, 1.82) is 0 Å². The van der Waals surface area contributed by atoms with Gasteiger partial charge in [0.15, 0.2) is 0 Å². The molecule has 1 fully saturated rings. The number of ketones is 1. The van der Waals surface area contributed by atoms with Crippen LogP contribution in [0.4, 0.5) is 9.18 Å². The van der Waals surface area contributed by atoms with Crippen LogP contribution in [0.15, 0.2) is 30.3 Å². The molecule has 0 spiro atoms. The predicted octanol–water partition coefficient (Wildman–Crippen LogP) is 4.61. The van der Waals surface area contributed by atoms with Crippen LogP contribution in [0.25, 0.3) is 0 Å². The molecule has 1 N–H and O–H groups in total. The Morgan fingerprint density at radius 2 is 1.70 bits per heavy atom. The highest BCUT2D eigenvalue weighted by Gasteiger charge is 2.58. The summed E-state index contributed by atoms with van der Waals surface area (Å²) in [5, 5.41) is 2.52. The average Bonchev–Trinajstić information content (AvgIpc) is 2.71. The molecular formula is C23H32FNO5. The molecule has 1 aliphatic rings. The molecule has 166 valence electrons. The Hall–Kier alpha value is -2.44. The van der Waals surface area contributed by atoms with Crippen molar-refractivity contribution in [2.24, 2.45) is 5.92 Å². The van der Waals surface area contributed by atoms with Crippen molar-refractivity contribution in [2.75, 3.05) is 6.61 Å².